The van der Waals surface area contributed by atoms with Gasteiger partial charge in [-0.1, -0.05) is 0 Å². The summed E-state index contributed by atoms with van der Waals surface area (Å²) in [6, 6.07) is 3.78. The molecule has 124 valence electrons. The number of hydrogen-bond donors (Lipinski definition) is 2. The summed E-state index contributed by atoms with van der Waals surface area (Å²) >= 11 is 0. The van der Waals surface area contributed by atoms with Gasteiger partial charge in [0.15, 0.2) is 5.96 Å². The summed E-state index contributed by atoms with van der Waals surface area (Å²) in [5.74, 6) is 2.16. The lowest BCUT2D eigenvalue weighted by Gasteiger charge is -2.17. The minimum atomic E-state index is -0.0608. The molecule has 0 saturated carbocycles. The Kier molecular flexibility index (Phi) is 7.45. The number of aryl methyl sites for hydroxylation is 1. The molecule has 1 unspecified atom stereocenters. The third kappa shape index (κ3) is 6.17. The van der Waals surface area contributed by atoms with Crippen molar-refractivity contribution in [3.63, 3.8) is 0 Å². The molecule has 0 fully saturated rings. The van der Waals surface area contributed by atoms with Crippen LogP contribution in [0.15, 0.2) is 21.5 Å². The smallest absolute Gasteiger partial charge is 0.243 e. The second kappa shape index (κ2) is 9.09. The van der Waals surface area contributed by atoms with Crippen molar-refractivity contribution in [2.24, 2.45) is 4.99 Å². The van der Waals surface area contributed by atoms with Crippen LogP contribution in [0.25, 0.3) is 0 Å². The predicted molar refractivity (Wildman–Crippen MR) is 85.9 cm³/mol. The monoisotopic (exact) mass is 310 g/mol. The van der Waals surface area contributed by atoms with Gasteiger partial charge in [-0.25, -0.2) is 4.99 Å². The van der Waals surface area contributed by atoms with Crippen LogP contribution in [0.4, 0.5) is 0 Å². The molecule has 7 heteroatoms. The van der Waals surface area contributed by atoms with E-state index < -0.39 is 0 Å². The van der Waals surface area contributed by atoms with Crippen molar-refractivity contribution in [3.05, 3.63) is 23.7 Å². The molecule has 0 aromatic carbocycles. The molecule has 0 radical (unpaired) electrons. The zero-order chi connectivity index (χ0) is 16.5. The highest BCUT2D eigenvalue weighted by molar-refractivity contribution is 5.84. The summed E-state index contributed by atoms with van der Waals surface area (Å²) < 4.78 is 10.6. The summed E-state index contributed by atoms with van der Waals surface area (Å²) in [5.41, 5.74) is 0. The van der Waals surface area contributed by atoms with Crippen LogP contribution in [0.5, 0.6) is 0 Å². The van der Waals surface area contributed by atoms with E-state index in [0.29, 0.717) is 19.1 Å². The van der Waals surface area contributed by atoms with Gasteiger partial charge < -0.3 is 24.7 Å². The number of amides is 1. The molecule has 1 rings (SSSR count). The molecule has 1 atom stereocenters. The van der Waals surface area contributed by atoms with E-state index in [2.05, 4.69) is 15.6 Å². The number of methoxy groups -OCH3 is 1. The zero-order valence-corrected chi connectivity index (χ0v) is 14.0. The fraction of sp³-hybridized carbons (Fsp3) is 0.600. The first-order chi connectivity index (χ1) is 10.4. The average Bonchev–Trinajstić information content (AvgIpc) is 2.90. The second-order valence-corrected chi connectivity index (χ2v) is 5.19. The molecule has 0 spiro atoms. The fourth-order valence-corrected chi connectivity index (χ4v) is 1.67. The molecule has 22 heavy (non-hydrogen) atoms. The summed E-state index contributed by atoms with van der Waals surface area (Å²) in [4.78, 5) is 17.5. The Balaban J connectivity index is 2.67. The van der Waals surface area contributed by atoms with Crippen LogP contribution in [0.2, 0.25) is 0 Å². The number of nitrogens with zero attached hydrogens (tertiary/aromatic N) is 2. The Hall–Kier alpha value is -2.02. The van der Waals surface area contributed by atoms with E-state index >= 15 is 0 Å². The molecule has 0 aliphatic heterocycles. The first kappa shape index (κ1) is 18.0. The second-order valence-electron chi connectivity index (χ2n) is 5.19. The van der Waals surface area contributed by atoms with E-state index in [-0.39, 0.29) is 18.5 Å². The SMILES string of the molecule is COCCNC(=NCC(=O)N(C)C)NC(C)c1ccc(C)o1. The Labute approximate surface area is 131 Å². The summed E-state index contributed by atoms with van der Waals surface area (Å²) in [7, 11) is 5.05. The molecular formula is C15H26N4O3. The molecule has 1 heterocycles. The number of carbonyl (C=O) groups is 1. The highest BCUT2D eigenvalue weighted by atomic mass is 16.5. The number of likely N-dealkylation sites (N-methyl/N-ethyl adjacent to an activating group) is 1. The van der Waals surface area contributed by atoms with Crippen molar-refractivity contribution in [2.45, 2.75) is 19.9 Å². The minimum Gasteiger partial charge on any atom is -0.464 e. The Bertz CT molecular complexity index is 497. The number of furan rings is 1. The molecule has 2 N–H and O–H groups in total. The Morgan fingerprint density at radius 3 is 2.73 bits per heavy atom. The van der Waals surface area contributed by atoms with Gasteiger partial charge in [-0.05, 0) is 26.0 Å². The number of rotatable bonds is 7. The van der Waals surface area contributed by atoms with E-state index in [1.807, 2.05) is 26.0 Å². The predicted octanol–water partition coefficient (Wildman–Crippen LogP) is 0.919. The fourth-order valence-electron chi connectivity index (χ4n) is 1.67. The molecule has 1 aromatic heterocycles. The first-order valence-electron chi connectivity index (χ1n) is 7.24. The lowest BCUT2D eigenvalue weighted by molar-refractivity contribution is -0.127. The van der Waals surface area contributed by atoms with Crippen LogP contribution in [0.3, 0.4) is 0 Å². The minimum absolute atomic E-state index is 0.0584. The average molecular weight is 310 g/mol. The molecule has 0 aliphatic carbocycles. The van der Waals surface area contributed by atoms with Gasteiger partial charge in [0.2, 0.25) is 5.91 Å². The van der Waals surface area contributed by atoms with Crippen LogP contribution in [0.1, 0.15) is 24.5 Å². The highest BCUT2D eigenvalue weighted by Crippen LogP contribution is 2.15. The first-order valence-corrected chi connectivity index (χ1v) is 7.24. The van der Waals surface area contributed by atoms with Gasteiger partial charge in [-0.3, -0.25) is 4.79 Å². The van der Waals surface area contributed by atoms with Gasteiger partial charge in [0.1, 0.15) is 18.1 Å². The van der Waals surface area contributed by atoms with Gasteiger partial charge in [0, 0.05) is 27.7 Å². The van der Waals surface area contributed by atoms with E-state index in [4.69, 9.17) is 9.15 Å². The molecule has 1 amide bonds. The van der Waals surface area contributed by atoms with Crippen LogP contribution >= 0.6 is 0 Å². The summed E-state index contributed by atoms with van der Waals surface area (Å²) in [5, 5.41) is 6.34. The van der Waals surface area contributed by atoms with E-state index in [9.17, 15) is 4.79 Å². The van der Waals surface area contributed by atoms with E-state index in [0.717, 1.165) is 11.5 Å². The lowest BCUT2D eigenvalue weighted by atomic mass is 10.2. The highest BCUT2D eigenvalue weighted by Gasteiger charge is 2.12. The largest absolute Gasteiger partial charge is 0.464 e. The van der Waals surface area contributed by atoms with Crippen LogP contribution in [0, 0.1) is 6.92 Å². The quantitative estimate of drug-likeness (QED) is 0.445. The number of guanidine groups is 1. The molecule has 0 saturated heterocycles. The third-order valence-corrected chi connectivity index (χ3v) is 3.01. The van der Waals surface area contributed by atoms with Crippen molar-refractivity contribution >= 4 is 11.9 Å². The van der Waals surface area contributed by atoms with Crippen molar-refractivity contribution in [1.29, 1.82) is 0 Å². The standard InChI is InChI=1S/C15H26N4O3/c1-11-6-7-13(22-11)12(2)18-15(16-8-9-21-5)17-10-14(20)19(3)4/h6-7,12H,8-10H2,1-5H3,(H2,16,17,18). The van der Waals surface area contributed by atoms with E-state index in [1.165, 1.54) is 4.90 Å². The zero-order valence-electron chi connectivity index (χ0n) is 14.0. The topological polar surface area (TPSA) is 79.1 Å². The Morgan fingerprint density at radius 2 is 2.18 bits per heavy atom. The van der Waals surface area contributed by atoms with Gasteiger partial charge in [0.25, 0.3) is 0 Å². The maximum absolute atomic E-state index is 11.7. The van der Waals surface area contributed by atoms with Crippen LogP contribution < -0.4 is 10.6 Å². The summed E-state index contributed by atoms with van der Waals surface area (Å²) in [6.07, 6.45) is 0. The van der Waals surface area contributed by atoms with Crippen molar-refractivity contribution in [1.82, 2.24) is 15.5 Å². The van der Waals surface area contributed by atoms with Crippen molar-refractivity contribution < 1.29 is 13.9 Å². The number of aliphatic imine (C=N–C) groups is 1. The lowest BCUT2D eigenvalue weighted by Crippen LogP contribution is -2.41. The number of carbonyl (C=O) groups excluding carboxylic acids is 1. The normalized spacial score (nSPS) is 12.9. The number of nitrogens with one attached hydrogen (secondary N) is 2. The van der Waals surface area contributed by atoms with Crippen LogP contribution in [-0.2, 0) is 9.53 Å². The molecule has 0 bridgehead atoms. The Morgan fingerprint density at radius 1 is 1.45 bits per heavy atom. The molecule has 0 aliphatic rings. The van der Waals surface area contributed by atoms with Gasteiger partial charge in [-0.15, -0.1) is 0 Å². The maximum Gasteiger partial charge on any atom is 0.243 e. The number of ether oxygens (including phenoxy) is 1. The molecule has 1 aromatic rings. The maximum atomic E-state index is 11.7. The van der Waals surface area contributed by atoms with Crippen molar-refractivity contribution in [2.75, 3.05) is 40.9 Å². The molecule has 7 nitrogen and oxygen atoms in total. The third-order valence-electron chi connectivity index (χ3n) is 3.01. The van der Waals surface area contributed by atoms with Gasteiger partial charge in [0.05, 0.1) is 12.6 Å². The summed E-state index contributed by atoms with van der Waals surface area (Å²) in [6.45, 7) is 5.11. The van der Waals surface area contributed by atoms with Crippen molar-refractivity contribution in [3.8, 4) is 0 Å². The van der Waals surface area contributed by atoms with Gasteiger partial charge in [-0.2, -0.15) is 0 Å². The van der Waals surface area contributed by atoms with Crippen LogP contribution in [-0.4, -0.2) is 57.7 Å². The molecular weight excluding hydrogens is 284 g/mol. The van der Waals surface area contributed by atoms with E-state index in [1.54, 1.807) is 21.2 Å². The number of hydrogen-bond acceptors (Lipinski definition) is 4. The van der Waals surface area contributed by atoms with Gasteiger partial charge >= 0.3 is 0 Å².